The van der Waals surface area contributed by atoms with Gasteiger partial charge in [-0.1, -0.05) is 31.4 Å². The molecule has 2 aromatic rings. The van der Waals surface area contributed by atoms with Gasteiger partial charge in [0, 0.05) is 11.6 Å². The number of esters is 2. The molecule has 0 N–H and O–H groups in total. The first-order valence-electron chi connectivity index (χ1n) is 9.26. The number of hydrogen-bond acceptors (Lipinski definition) is 6. The molecule has 0 heterocycles. The highest BCUT2D eigenvalue weighted by Gasteiger charge is 2.34. The van der Waals surface area contributed by atoms with E-state index in [0.717, 1.165) is 43.3 Å². The highest BCUT2D eigenvalue weighted by molar-refractivity contribution is 5.87. The molecule has 2 rings (SSSR count). The summed E-state index contributed by atoms with van der Waals surface area (Å²) in [6.07, 6.45) is 0.114. The van der Waals surface area contributed by atoms with Gasteiger partial charge < -0.3 is 18.9 Å². The summed E-state index contributed by atoms with van der Waals surface area (Å²) in [6, 6.07) is 9.73. The topological polar surface area (TPSA) is 71.1 Å². The van der Waals surface area contributed by atoms with Gasteiger partial charge in [-0.25, -0.2) is 9.59 Å². The predicted octanol–water partition coefficient (Wildman–Crippen LogP) is 5.92. The maximum Gasteiger partial charge on any atom is 0.420 e. The van der Waals surface area contributed by atoms with Gasteiger partial charge in [0.15, 0.2) is 0 Å². The summed E-state index contributed by atoms with van der Waals surface area (Å²) in [5, 5.41) is 0. The Morgan fingerprint density at radius 1 is 0.879 bits per heavy atom. The van der Waals surface area contributed by atoms with Crippen LogP contribution in [0.3, 0.4) is 0 Å². The van der Waals surface area contributed by atoms with Crippen LogP contribution < -0.4 is 9.47 Å². The third-order valence-electron chi connectivity index (χ3n) is 3.86. The third-order valence-corrected chi connectivity index (χ3v) is 3.86. The van der Waals surface area contributed by atoms with Crippen molar-refractivity contribution in [3.05, 3.63) is 97.9 Å². The Morgan fingerprint density at radius 3 is 2.09 bits per heavy atom. The minimum Gasteiger partial charge on any atom is -0.462 e. The van der Waals surface area contributed by atoms with Crippen LogP contribution >= 0.6 is 0 Å². The van der Waals surface area contributed by atoms with Crippen LogP contribution in [0.1, 0.15) is 12.5 Å². The second-order valence-corrected chi connectivity index (χ2v) is 6.34. The quantitative estimate of drug-likeness (QED) is 0.263. The SMILES string of the molecule is C=CC(=O)O/C=C\Oc1ccc(-c2ccc(O/C=C\OC(=O)C(=C)C)c(C(F)(F)F)c2)cc1. The zero-order valence-electron chi connectivity index (χ0n) is 17.4. The van der Waals surface area contributed by atoms with Crippen molar-refractivity contribution in [3.8, 4) is 22.6 Å². The molecule has 0 amide bonds. The Kier molecular flexibility index (Phi) is 8.62. The lowest BCUT2D eigenvalue weighted by Gasteiger charge is -2.14. The highest BCUT2D eigenvalue weighted by atomic mass is 19.4. The molecule has 0 radical (unpaired) electrons. The number of benzene rings is 2. The summed E-state index contributed by atoms with van der Waals surface area (Å²) in [6.45, 7) is 8.05. The van der Waals surface area contributed by atoms with Crippen LogP contribution in [0.25, 0.3) is 11.1 Å². The summed E-state index contributed by atoms with van der Waals surface area (Å²) >= 11 is 0. The Hall–Kier alpha value is -4.27. The lowest BCUT2D eigenvalue weighted by atomic mass is 10.0. The van der Waals surface area contributed by atoms with Gasteiger partial charge in [-0.05, 0) is 42.3 Å². The van der Waals surface area contributed by atoms with E-state index in [1.54, 1.807) is 12.1 Å². The molecule has 0 spiro atoms. The number of hydrogen-bond donors (Lipinski definition) is 0. The first-order valence-corrected chi connectivity index (χ1v) is 9.26. The molecule has 0 aliphatic heterocycles. The zero-order valence-corrected chi connectivity index (χ0v) is 17.4. The molecule has 0 bridgehead atoms. The Labute approximate surface area is 187 Å². The van der Waals surface area contributed by atoms with Crippen LogP contribution in [0, 0.1) is 0 Å². The molecule has 2 aromatic carbocycles. The van der Waals surface area contributed by atoms with Gasteiger partial charge in [-0.2, -0.15) is 13.2 Å². The van der Waals surface area contributed by atoms with Crippen molar-refractivity contribution in [2.45, 2.75) is 13.1 Å². The van der Waals surface area contributed by atoms with Gasteiger partial charge in [0.05, 0.1) is 5.56 Å². The van der Waals surface area contributed by atoms with Gasteiger partial charge in [0.2, 0.25) is 0 Å². The van der Waals surface area contributed by atoms with Gasteiger partial charge in [0.25, 0.3) is 0 Å². The van der Waals surface area contributed by atoms with Crippen molar-refractivity contribution < 1.29 is 41.7 Å². The minimum absolute atomic E-state index is 0.128. The molecule has 0 aliphatic carbocycles. The van der Waals surface area contributed by atoms with Crippen molar-refractivity contribution in [2.75, 3.05) is 0 Å². The van der Waals surface area contributed by atoms with E-state index in [2.05, 4.69) is 22.6 Å². The van der Waals surface area contributed by atoms with Crippen molar-refractivity contribution >= 4 is 11.9 Å². The van der Waals surface area contributed by atoms with E-state index in [4.69, 9.17) is 9.47 Å². The third kappa shape index (κ3) is 7.73. The van der Waals surface area contributed by atoms with E-state index < -0.39 is 29.4 Å². The smallest absolute Gasteiger partial charge is 0.420 e. The zero-order chi connectivity index (χ0) is 24.4. The monoisotopic (exact) mass is 460 g/mol. The summed E-state index contributed by atoms with van der Waals surface area (Å²) in [5.41, 5.74) is -0.103. The molecule has 0 atom stereocenters. The van der Waals surface area contributed by atoms with E-state index in [-0.39, 0.29) is 11.1 Å². The number of carbonyl (C=O) groups excluding carboxylic acids is 2. The predicted molar refractivity (Wildman–Crippen MR) is 114 cm³/mol. The standard InChI is InChI=1S/C24H19F3O6/c1-4-22(28)32-13-11-30-19-8-5-17(6-9-19)18-7-10-21(20(15-18)24(25,26)27)31-12-14-33-23(29)16(2)3/h4-15H,1-2H2,3H3/b13-11-,14-12-. The number of carbonyl (C=O) groups is 2. The number of rotatable bonds is 9. The molecule has 0 unspecified atom stereocenters. The van der Waals surface area contributed by atoms with E-state index >= 15 is 0 Å². The number of alkyl halides is 3. The number of ether oxygens (including phenoxy) is 4. The molecule has 0 aliphatic rings. The van der Waals surface area contributed by atoms with Crippen LogP contribution in [0.2, 0.25) is 0 Å². The van der Waals surface area contributed by atoms with E-state index in [9.17, 15) is 22.8 Å². The Morgan fingerprint density at radius 2 is 1.48 bits per heavy atom. The Balaban J connectivity index is 2.15. The Bertz CT molecular complexity index is 1080. The summed E-state index contributed by atoms with van der Waals surface area (Å²) in [7, 11) is 0. The van der Waals surface area contributed by atoms with Crippen LogP contribution in [0.4, 0.5) is 13.2 Å². The van der Waals surface area contributed by atoms with Crippen LogP contribution in [-0.4, -0.2) is 11.9 Å². The average molecular weight is 460 g/mol. The lowest BCUT2D eigenvalue weighted by molar-refractivity contribution is -0.139. The normalized spacial score (nSPS) is 11.3. The molecule has 33 heavy (non-hydrogen) atoms. The fraction of sp³-hybridized carbons (Fsp3) is 0.0833. The highest BCUT2D eigenvalue weighted by Crippen LogP contribution is 2.39. The summed E-state index contributed by atoms with van der Waals surface area (Å²) < 4.78 is 60.1. The first kappa shape index (κ1) is 25.0. The largest absolute Gasteiger partial charge is 0.462 e. The molecule has 0 saturated carbocycles. The van der Waals surface area contributed by atoms with Gasteiger partial charge >= 0.3 is 18.1 Å². The maximum absolute atomic E-state index is 13.5. The molecule has 0 aromatic heterocycles. The van der Waals surface area contributed by atoms with Gasteiger partial charge in [0.1, 0.15) is 36.5 Å². The lowest BCUT2D eigenvalue weighted by Crippen LogP contribution is -2.07. The van der Waals surface area contributed by atoms with Gasteiger partial charge in [-0.15, -0.1) is 0 Å². The summed E-state index contributed by atoms with van der Waals surface area (Å²) in [4.78, 5) is 22.2. The maximum atomic E-state index is 13.5. The molecular formula is C24H19F3O6. The van der Waals surface area contributed by atoms with Crippen LogP contribution in [0.15, 0.2) is 92.3 Å². The molecular weight excluding hydrogens is 441 g/mol. The average Bonchev–Trinajstić information content (AvgIpc) is 2.79. The second-order valence-electron chi connectivity index (χ2n) is 6.34. The van der Waals surface area contributed by atoms with Crippen molar-refractivity contribution in [1.29, 1.82) is 0 Å². The van der Waals surface area contributed by atoms with Crippen molar-refractivity contribution in [2.24, 2.45) is 0 Å². The molecule has 0 saturated heterocycles. The van der Waals surface area contributed by atoms with Crippen LogP contribution in [-0.2, 0) is 25.2 Å². The minimum atomic E-state index is -4.69. The van der Waals surface area contributed by atoms with E-state index in [1.165, 1.54) is 25.1 Å². The fourth-order valence-electron chi connectivity index (χ4n) is 2.30. The second kappa shape index (κ2) is 11.4. The number of halogens is 3. The van der Waals surface area contributed by atoms with Crippen LogP contribution in [0.5, 0.6) is 11.5 Å². The molecule has 9 heteroatoms. The molecule has 6 nitrogen and oxygen atoms in total. The summed E-state index contributed by atoms with van der Waals surface area (Å²) in [5.74, 6) is -1.48. The van der Waals surface area contributed by atoms with Crippen molar-refractivity contribution in [3.63, 3.8) is 0 Å². The molecule has 172 valence electrons. The van der Waals surface area contributed by atoms with E-state index in [1.807, 2.05) is 0 Å². The van der Waals surface area contributed by atoms with Gasteiger partial charge in [-0.3, -0.25) is 0 Å². The first-order chi connectivity index (χ1) is 15.6. The van der Waals surface area contributed by atoms with E-state index in [0.29, 0.717) is 11.3 Å². The fourth-order valence-corrected chi connectivity index (χ4v) is 2.30. The van der Waals surface area contributed by atoms with Crippen molar-refractivity contribution in [1.82, 2.24) is 0 Å². The molecule has 0 fully saturated rings.